The average Bonchev–Trinajstić information content (AvgIpc) is 2.60. The largest absolute Gasteiger partial charge is 0.294 e. The Morgan fingerprint density at radius 2 is 1.36 bits per heavy atom. The van der Waals surface area contributed by atoms with Gasteiger partial charge in [-0.05, 0) is 31.0 Å². The third kappa shape index (κ3) is 4.51. The molecule has 3 aromatic rings. The second-order valence-electron chi connectivity index (χ2n) is 6.10. The minimum absolute atomic E-state index is 0.00620. The van der Waals surface area contributed by atoms with Gasteiger partial charge in [0.25, 0.3) is 0 Å². The second-order valence-corrected chi connectivity index (χ2v) is 6.10. The molecule has 126 valence electrons. The minimum Gasteiger partial charge on any atom is -0.294 e. The van der Waals surface area contributed by atoms with E-state index in [-0.39, 0.29) is 11.8 Å². The van der Waals surface area contributed by atoms with Gasteiger partial charge in [0.05, 0.1) is 0 Å². The van der Waals surface area contributed by atoms with Gasteiger partial charge in [-0.25, -0.2) is 9.97 Å². The van der Waals surface area contributed by atoms with E-state index >= 15 is 0 Å². The number of hydrogen-bond acceptors (Lipinski definition) is 3. The van der Waals surface area contributed by atoms with Gasteiger partial charge in [0, 0.05) is 23.7 Å². The number of nitrogens with zero attached hydrogens (tertiary/aromatic N) is 2. The molecule has 0 saturated heterocycles. The van der Waals surface area contributed by atoms with Crippen LogP contribution in [0.3, 0.4) is 0 Å². The highest BCUT2D eigenvalue weighted by Gasteiger charge is 2.18. The Balaban J connectivity index is 1.81. The van der Waals surface area contributed by atoms with Crippen molar-refractivity contribution in [3.05, 3.63) is 89.2 Å². The van der Waals surface area contributed by atoms with Gasteiger partial charge in [-0.3, -0.25) is 10.1 Å². The van der Waals surface area contributed by atoms with E-state index in [1.54, 1.807) is 0 Å². The van der Waals surface area contributed by atoms with Crippen molar-refractivity contribution in [2.24, 2.45) is 0 Å². The number of benzene rings is 2. The summed E-state index contributed by atoms with van der Waals surface area (Å²) in [6, 6.07) is 22.0. The van der Waals surface area contributed by atoms with Crippen molar-refractivity contribution in [1.29, 1.82) is 0 Å². The molecule has 1 N–H and O–H groups in total. The average molecular weight is 331 g/mol. The Morgan fingerprint density at radius 3 is 1.84 bits per heavy atom. The molecule has 0 aliphatic carbocycles. The smallest absolute Gasteiger partial charge is 0.229 e. The van der Waals surface area contributed by atoms with Crippen LogP contribution in [0.2, 0.25) is 0 Å². The van der Waals surface area contributed by atoms with Crippen LogP contribution in [0.1, 0.15) is 34.9 Å². The van der Waals surface area contributed by atoms with Gasteiger partial charge in [-0.2, -0.15) is 0 Å². The van der Waals surface area contributed by atoms with Crippen molar-refractivity contribution in [3.8, 4) is 0 Å². The number of nitrogens with one attached hydrogen (secondary N) is 1. The summed E-state index contributed by atoms with van der Waals surface area (Å²) in [6.45, 7) is 3.78. The molecule has 4 nitrogen and oxygen atoms in total. The first-order valence-electron chi connectivity index (χ1n) is 8.34. The topological polar surface area (TPSA) is 54.9 Å². The lowest BCUT2D eigenvalue weighted by Crippen LogP contribution is -2.18. The normalized spacial score (nSPS) is 10.7. The molecule has 0 atom stereocenters. The molecule has 0 bridgehead atoms. The van der Waals surface area contributed by atoms with Crippen LogP contribution in [-0.2, 0) is 4.79 Å². The van der Waals surface area contributed by atoms with Gasteiger partial charge in [-0.1, -0.05) is 60.7 Å². The molecule has 0 fully saturated rings. The molecule has 0 aliphatic heterocycles. The Kier molecular flexibility index (Phi) is 5.19. The van der Waals surface area contributed by atoms with Gasteiger partial charge < -0.3 is 0 Å². The van der Waals surface area contributed by atoms with Crippen LogP contribution in [0.25, 0.3) is 0 Å². The fourth-order valence-electron chi connectivity index (χ4n) is 2.94. The number of rotatable bonds is 5. The number of carbonyl (C=O) groups is 1. The summed E-state index contributed by atoms with van der Waals surface area (Å²) in [5.41, 5.74) is 3.91. The van der Waals surface area contributed by atoms with E-state index < -0.39 is 0 Å². The monoisotopic (exact) mass is 331 g/mol. The fraction of sp³-hybridized carbons (Fsp3) is 0.190. The highest BCUT2D eigenvalue weighted by molar-refractivity contribution is 5.89. The molecule has 2 aromatic carbocycles. The molecule has 0 radical (unpaired) electrons. The fourth-order valence-corrected chi connectivity index (χ4v) is 2.94. The molecular weight excluding hydrogens is 310 g/mol. The van der Waals surface area contributed by atoms with Crippen molar-refractivity contribution >= 4 is 11.9 Å². The second kappa shape index (κ2) is 7.71. The van der Waals surface area contributed by atoms with Crippen LogP contribution in [0.4, 0.5) is 5.95 Å². The summed E-state index contributed by atoms with van der Waals surface area (Å²) in [5.74, 6) is 0.262. The molecule has 0 saturated carbocycles. The van der Waals surface area contributed by atoms with Gasteiger partial charge in [0.15, 0.2) is 0 Å². The molecule has 1 aromatic heterocycles. The third-order valence-electron chi connectivity index (χ3n) is 4.03. The highest BCUT2D eigenvalue weighted by atomic mass is 16.1. The summed E-state index contributed by atoms with van der Waals surface area (Å²) in [4.78, 5) is 21.2. The predicted molar refractivity (Wildman–Crippen MR) is 99.5 cm³/mol. The summed E-state index contributed by atoms with van der Waals surface area (Å²) in [7, 11) is 0. The van der Waals surface area contributed by atoms with E-state index in [1.807, 2.05) is 56.3 Å². The lowest BCUT2D eigenvalue weighted by Gasteiger charge is -2.17. The lowest BCUT2D eigenvalue weighted by molar-refractivity contribution is -0.116. The SMILES string of the molecule is Cc1cc(C)nc(NC(=O)CC(c2ccccc2)c2ccccc2)n1. The standard InChI is InChI=1S/C21H21N3O/c1-15-13-16(2)23-21(22-15)24-20(25)14-19(17-9-5-3-6-10-17)18-11-7-4-8-12-18/h3-13,19H,14H2,1-2H3,(H,22,23,24,25). The summed E-state index contributed by atoms with van der Waals surface area (Å²) >= 11 is 0. The van der Waals surface area contributed by atoms with Crippen molar-refractivity contribution < 1.29 is 4.79 Å². The molecule has 0 aliphatic rings. The van der Waals surface area contributed by atoms with Gasteiger partial charge >= 0.3 is 0 Å². The van der Waals surface area contributed by atoms with Crippen LogP contribution < -0.4 is 5.32 Å². The van der Waals surface area contributed by atoms with Gasteiger partial charge in [0.1, 0.15) is 0 Å². The molecule has 1 heterocycles. The van der Waals surface area contributed by atoms with E-state index in [0.29, 0.717) is 12.4 Å². The summed E-state index contributed by atoms with van der Waals surface area (Å²) in [5, 5.41) is 2.83. The van der Waals surface area contributed by atoms with Crippen molar-refractivity contribution in [3.63, 3.8) is 0 Å². The van der Waals surface area contributed by atoms with Crippen LogP contribution >= 0.6 is 0 Å². The molecule has 0 unspecified atom stereocenters. The number of amides is 1. The van der Waals surface area contributed by atoms with Gasteiger partial charge in [-0.15, -0.1) is 0 Å². The first-order valence-corrected chi connectivity index (χ1v) is 8.34. The first-order chi connectivity index (χ1) is 12.1. The number of aryl methyl sites for hydroxylation is 2. The zero-order valence-electron chi connectivity index (χ0n) is 14.4. The quantitative estimate of drug-likeness (QED) is 0.760. The van der Waals surface area contributed by atoms with Crippen molar-refractivity contribution in [1.82, 2.24) is 9.97 Å². The third-order valence-corrected chi connectivity index (χ3v) is 4.03. The molecule has 1 amide bonds. The molecule has 4 heteroatoms. The maximum absolute atomic E-state index is 12.6. The maximum atomic E-state index is 12.6. The van der Waals surface area contributed by atoms with Crippen molar-refractivity contribution in [2.45, 2.75) is 26.2 Å². The van der Waals surface area contributed by atoms with Crippen LogP contribution in [0, 0.1) is 13.8 Å². The van der Waals surface area contributed by atoms with Crippen LogP contribution in [-0.4, -0.2) is 15.9 Å². The van der Waals surface area contributed by atoms with Crippen LogP contribution in [0.5, 0.6) is 0 Å². The molecule has 25 heavy (non-hydrogen) atoms. The summed E-state index contributed by atoms with van der Waals surface area (Å²) in [6.07, 6.45) is 0.338. The molecular formula is C21H21N3O. The Morgan fingerprint density at radius 1 is 0.880 bits per heavy atom. The van der Waals surface area contributed by atoms with Gasteiger partial charge in [0.2, 0.25) is 11.9 Å². The molecule has 0 spiro atoms. The molecule has 3 rings (SSSR count). The maximum Gasteiger partial charge on any atom is 0.229 e. The lowest BCUT2D eigenvalue weighted by atomic mass is 9.88. The predicted octanol–water partition coefficient (Wildman–Crippen LogP) is 4.25. The van der Waals surface area contributed by atoms with Crippen LogP contribution in [0.15, 0.2) is 66.7 Å². The van der Waals surface area contributed by atoms with E-state index in [1.165, 1.54) is 0 Å². The Hall–Kier alpha value is -3.01. The zero-order valence-corrected chi connectivity index (χ0v) is 14.4. The summed E-state index contributed by atoms with van der Waals surface area (Å²) < 4.78 is 0. The van der Waals surface area contributed by atoms with Crippen molar-refractivity contribution in [2.75, 3.05) is 5.32 Å². The number of anilines is 1. The zero-order chi connectivity index (χ0) is 17.6. The highest BCUT2D eigenvalue weighted by Crippen LogP contribution is 2.28. The van der Waals surface area contributed by atoms with E-state index in [0.717, 1.165) is 22.5 Å². The number of hydrogen-bond donors (Lipinski definition) is 1. The van der Waals surface area contributed by atoms with E-state index in [2.05, 4.69) is 39.6 Å². The minimum atomic E-state index is -0.0947. The number of carbonyl (C=O) groups excluding carboxylic acids is 1. The van der Waals surface area contributed by atoms with E-state index in [9.17, 15) is 4.79 Å². The Bertz CT molecular complexity index is 788. The van der Waals surface area contributed by atoms with E-state index in [4.69, 9.17) is 0 Å². The first kappa shape index (κ1) is 16.8. The number of aromatic nitrogens is 2. The Labute approximate surface area is 148 Å².